The van der Waals surface area contributed by atoms with E-state index in [0.29, 0.717) is 5.92 Å². The normalized spacial score (nSPS) is 25.8. The fraction of sp³-hybridized carbons (Fsp3) is 0.611. The van der Waals surface area contributed by atoms with Crippen molar-refractivity contribution in [2.75, 3.05) is 0 Å². The lowest BCUT2D eigenvalue weighted by atomic mass is 9.70. The Labute approximate surface area is 127 Å². The summed E-state index contributed by atoms with van der Waals surface area (Å²) >= 11 is 0. The third kappa shape index (κ3) is 3.99. The number of carboxylic acid groups (broad SMARTS) is 1. The fourth-order valence-corrected chi connectivity index (χ4v) is 3.38. The van der Waals surface area contributed by atoms with Crippen molar-refractivity contribution in [2.45, 2.75) is 58.5 Å². The molecule has 1 saturated carbocycles. The molecule has 3 atom stereocenters. The topological polar surface area (TPSA) is 46.5 Å². The lowest BCUT2D eigenvalue weighted by molar-refractivity contribution is -0.143. The average Bonchev–Trinajstić information content (AvgIpc) is 2.46. The SMILES string of the molecule is CCC1CCC(C(=O)O)C(c2cccc(OC(C)C)c2)C1. The number of ether oxygens (including phenoxy) is 1. The molecule has 1 N–H and O–H groups in total. The molecule has 3 unspecified atom stereocenters. The number of hydrogen-bond donors (Lipinski definition) is 1. The van der Waals surface area contributed by atoms with Crippen LogP contribution >= 0.6 is 0 Å². The summed E-state index contributed by atoms with van der Waals surface area (Å²) in [5, 5.41) is 9.51. The van der Waals surface area contributed by atoms with E-state index in [0.717, 1.165) is 37.0 Å². The Hall–Kier alpha value is -1.51. The Balaban J connectivity index is 2.24. The highest BCUT2D eigenvalue weighted by atomic mass is 16.5. The van der Waals surface area contributed by atoms with E-state index >= 15 is 0 Å². The number of carbonyl (C=O) groups is 1. The Morgan fingerprint density at radius 2 is 2.14 bits per heavy atom. The molecule has 2 rings (SSSR count). The van der Waals surface area contributed by atoms with Crippen LogP contribution in [0.3, 0.4) is 0 Å². The first-order chi connectivity index (χ1) is 10.0. The first kappa shape index (κ1) is 15.9. The Bertz CT molecular complexity index is 481. The lowest BCUT2D eigenvalue weighted by Gasteiger charge is -2.34. The van der Waals surface area contributed by atoms with Crippen LogP contribution in [0, 0.1) is 11.8 Å². The molecule has 3 nitrogen and oxygen atoms in total. The van der Waals surface area contributed by atoms with E-state index in [1.165, 1.54) is 0 Å². The molecule has 0 radical (unpaired) electrons. The van der Waals surface area contributed by atoms with Crippen molar-refractivity contribution < 1.29 is 14.6 Å². The quantitative estimate of drug-likeness (QED) is 0.870. The van der Waals surface area contributed by atoms with E-state index in [-0.39, 0.29) is 17.9 Å². The van der Waals surface area contributed by atoms with Crippen LogP contribution in [-0.4, -0.2) is 17.2 Å². The monoisotopic (exact) mass is 290 g/mol. The van der Waals surface area contributed by atoms with Gasteiger partial charge >= 0.3 is 5.97 Å². The minimum Gasteiger partial charge on any atom is -0.491 e. The van der Waals surface area contributed by atoms with Crippen molar-refractivity contribution in [1.29, 1.82) is 0 Å². The van der Waals surface area contributed by atoms with Crippen molar-refractivity contribution in [2.24, 2.45) is 11.8 Å². The van der Waals surface area contributed by atoms with Gasteiger partial charge in [0.2, 0.25) is 0 Å². The van der Waals surface area contributed by atoms with Crippen molar-refractivity contribution in [1.82, 2.24) is 0 Å². The highest BCUT2D eigenvalue weighted by Crippen LogP contribution is 2.42. The third-order valence-electron chi connectivity index (χ3n) is 4.51. The van der Waals surface area contributed by atoms with E-state index in [1.807, 2.05) is 38.1 Å². The molecular weight excluding hydrogens is 264 g/mol. The van der Waals surface area contributed by atoms with E-state index in [4.69, 9.17) is 4.74 Å². The van der Waals surface area contributed by atoms with Crippen molar-refractivity contribution >= 4 is 5.97 Å². The molecule has 1 aliphatic carbocycles. The van der Waals surface area contributed by atoms with Crippen LogP contribution in [0.4, 0.5) is 0 Å². The zero-order valence-electron chi connectivity index (χ0n) is 13.2. The van der Waals surface area contributed by atoms with Crippen LogP contribution in [0.2, 0.25) is 0 Å². The molecule has 1 aromatic rings. The first-order valence-corrected chi connectivity index (χ1v) is 8.00. The van der Waals surface area contributed by atoms with Gasteiger partial charge in [0.15, 0.2) is 0 Å². The zero-order chi connectivity index (χ0) is 15.4. The predicted molar refractivity (Wildman–Crippen MR) is 83.7 cm³/mol. The molecule has 1 aromatic carbocycles. The maximum absolute atomic E-state index is 11.6. The molecule has 0 amide bonds. The Morgan fingerprint density at radius 1 is 1.38 bits per heavy atom. The van der Waals surface area contributed by atoms with Crippen LogP contribution in [-0.2, 0) is 4.79 Å². The van der Waals surface area contributed by atoms with Crippen molar-refractivity contribution in [3.8, 4) is 5.75 Å². The summed E-state index contributed by atoms with van der Waals surface area (Å²) in [6.45, 7) is 6.20. The molecule has 0 heterocycles. The van der Waals surface area contributed by atoms with Crippen LogP contribution in [0.1, 0.15) is 57.9 Å². The maximum atomic E-state index is 11.6. The van der Waals surface area contributed by atoms with E-state index < -0.39 is 5.97 Å². The van der Waals surface area contributed by atoms with Gasteiger partial charge in [0.05, 0.1) is 12.0 Å². The second-order valence-electron chi connectivity index (χ2n) is 6.38. The summed E-state index contributed by atoms with van der Waals surface area (Å²) in [6.07, 6.45) is 4.05. The summed E-state index contributed by atoms with van der Waals surface area (Å²) in [7, 11) is 0. The van der Waals surface area contributed by atoms with Crippen LogP contribution in [0.15, 0.2) is 24.3 Å². The number of benzene rings is 1. The number of aliphatic carboxylic acids is 1. The van der Waals surface area contributed by atoms with Gasteiger partial charge in [0, 0.05) is 0 Å². The molecule has 116 valence electrons. The largest absolute Gasteiger partial charge is 0.491 e. The van der Waals surface area contributed by atoms with Gasteiger partial charge < -0.3 is 9.84 Å². The summed E-state index contributed by atoms with van der Waals surface area (Å²) in [4.78, 5) is 11.6. The Morgan fingerprint density at radius 3 is 2.76 bits per heavy atom. The van der Waals surface area contributed by atoms with E-state index in [2.05, 4.69) is 6.92 Å². The standard InChI is InChI=1S/C18H26O3/c1-4-13-8-9-16(18(19)20)17(10-13)14-6-5-7-15(11-14)21-12(2)3/h5-7,11-13,16-17H,4,8-10H2,1-3H3,(H,19,20). The molecule has 0 aliphatic heterocycles. The summed E-state index contributed by atoms with van der Waals surface area (Å²) in [5.41, 5.74) is 1.11. The molecule has 21 heavy (non-hydrogen) atoms. The van der Waals surface area contributed by atoms with Gasteiger partial charge in [0.1, 0.15) is 5.75 Å². The summed E-state index contributed by atoms with van der Waals surface area (Å²) in [5.74, 6) is 0.661. The molecule has 1 aliphatic rings. The smallest absolute Gasteiger partial charge is 0.307 e. The van der Waals surface area contributed by atoms with Gasteiger partial charge in [-0.05, 0) is 62.6 Å². The van der Waals surface area contributed by atoms with E-state index in [9.17, 15) is 9.90 Å². The minimum atomic E-state index is -0.662. The molecule has 0 aromatic heterocycles. The average molecular weight is 290 g/mol. The molecule has 1 fully saturated rings. The van der Waals surface area contributed by atoms with Crippen molar-refractivity contribution in [3.63, 3.8) is 0 Å². The van der Waals surface area contributed by atoms with Gasteiger partial charge in [-0.3, -0.25) is 4.79 Å². The van der Waals surface area contributed by atoms with Crippen molar-refractivity contribution in [3.05, 3.63) is 29.8 Å². The summed E-state index contributed by atoms with van der Waals surface area (Å²) in [6, 6.07) is 7.99. The first-order valence-electron chi connectivity index (χ1n) is 8.00. The zero-order valence-corrected chi connectivity index (χ0v) is 13.2. The summed E-state index contributed by atoms with van der Waals surface area (Å²) < 4.78 is 5.75. The van der Waals surface area contributed by atoms with Crippen LogP contribution < -0.4 is 4.74 Å². The molecule has 0 saturated heterocycles. The second-order valence-corrected chi connectivity index (χ2v) is 6.38. The molecule has 0 spiro atoms. The van der Waals surface area contributed by atoms with Gasteiger partial charge in [-0.15, -0.1) is 0 Å². The van der Waals surface area contributed by atoms with E-state index in [1.54, 1.807) is 0 Å². The second kappa shape index (κ2) is 6.97. The predicted octanol–water partition coefficient (Wildman–Crippen LogP) is 4.47. The fourth-order valence-electron chi connectivity index (χ4n) is 3.38. The lowest BCUT2D eigenvalue weighted by Crippen LogP contribution is -2.29. The highest BCUT2D eigenvalue weighted by Gasteiger charge is 2.35. The number of carboxylic acids is 1. The van der Waals surface area contributed by atoms with Crippen LogP contribution in [0.5, 0.6) is 5.75 Å². The van der Waals surface area contributed by atoms with Gasteiger partial charge in [-0.25, -0.2) is 0 Å². The highest BCUT2D eigenvalue weighted by molar-refractivity contribution is 5.71. The molecule has 3 heteroatoms. The number of rotatable bonds is 5. The molecular formula is C18H26O3. The van der Waals surface area contributed by atoms with Gasteiger partial charge in [-0.1, -0.05) is 25.5 Å². The van der Waals surface area contributed by atoms with Gasteiger partial charge in [-0.2, -0.15) is 0 Å². The minimum absolute atomic E-state index is 0.108. The third-order valence-corrected chi connectivity index (χ3v) is 4.51. The molecule has 0 bridgehead atoms. The maximum Gasteiger partial charge on any atom is 0.307 e. The Kier molecular flexibility index (Phi) is 5.27. The van der Waals surface area contributed by atoms with Gasteiger partial charge in [0.25, 0.3) is 0 Å². The number of hydrogen-bond acceptors (Lipinski definition) is 2. The van der Waals surface area contributed by atoms with Crippen LogP contribution in [0.25, 0.3) is 0 Å².